The summed E-state index contributed by atoms with van der Waals surface area (Å²) in [6, 6.07) is 0. The first-order valence-corrected chi connectivity index (χ1v) is 13.6. The molecule has 9 heteroatoms. The van der Waals surface area contributed by atoms with Gasteiger partial charge in [-0.1, -0.05) is 46.6 Å². The van der Waals surface area contributed by atoms with Crippen LogP contribution >= 0.6 is 0 Å². The lowest BCUT2D eigenvalue weighted by molar-refractivity contribution is -0.340. The predicted octanol–water partition coefficient (Wildman–Crippen LogP) is 1.76. The van der Waals surface area contributed by atoms with Crippen LogP contribution in [0.4, 0.5) is 0 Å². The number of carbonyl (C=O) groups excluding carboxylic acids is 3. The molecule has 1 spiro atoms. The Labute approximate surface area is 217 Å². The van der Waals surface area contributed by atoms with E-state index in [0.29, 0.717) is 6.42 Å². The first-order valence-electron chi connectivity index (χ1n) is 13.6. The van der Waals surface area contributed by atoms with Crippen LogP contribution in [0.15, 0.2) is 11.6 Å². The van der Waals surface area contributed by atoms with Crippen LogP contribution < -0.4 is 0 Å². The van der Waals surface area contributed by atoms with Gasteiger partial charge in [-0.3, -0.25) is 9.59 Å². The van der Waals surface area contributed by atoms with Gasteiger partial charge in [-0.05, 0) is 43.1 Å². The molecule has 2 saturated heterocycles. The van der Waals surface area contributed by atoms with Gasteiger partial charge in [-0.2, -0.15) is 0 Å². The van der Waals surface area contributed by atoms with E-state index < -0.39 is 76.5 Å². The normalized spacial score (nSPS) is 49.1. The van der Waals surface area contributed by atoms with Crippen molar-refractivity contribution in [3.8, 4) is 0 Å². The van der Waals surface area contributed by atoms with Gasteiger partial charge < -0.3 is 29.5 Å². The zero-order chi connectivity index (χ0) is 27.2. The van der Waals surface area contributed by atoms with Gasteiger partial charge in [0.2, 0.25) is 6.10 Å². The summed E-state index contributed by atoms with van der Waals surface area (Å²) in [5, 5.41) is 34.6. The topological polar surface area (TPSA) is 140 Å². The second-order valence-electron chi connectivity index (χ2n) is 12.7. The summed E-state index contributed by atoms with van der Waals surface area (Å²) in [5.74, 6) is -6.10. The molecule has 2 aliphatic heterocycles. The molecular formula is C28H40O9. The van der Waals surface area contributed by atoms with Gasteiger partial charge in [0.05, 0.1) is 6.61 Å². The number of hydrogen-bond acceptors (Lipinski definition) is 9. The number of carbonyl (C=O) groups is 3. The van der Waals surface area contributed by atoms with Crippen molar-refractivity contribution in [2.45, 2.75) is 91.0 Å². The molecule has 2 bridgehead atoms. The maximum absolute atomic E-state index is 13.4. The number of aliphatic hydroxyl groups excluding tert-OH is 2. The molecule has 2 heterocycles. The van der Waals surface area contributed by atoms with Crippen molar-refractivity contribution in [2.24, 2.45) is 46.3 Å². The molecule has 12 atom stereocenters. The van der Waals surface area contributed by atoms with E-state index in [-0.39, 0.29) is 30.8 Å². The first kappa shape index (κ1) is 26.8. The Morgan fingerprint density at radius 3 is 2.57 bits per heavy atom. The largest absolute Gasteiger partial charge is 0.459 e. The van der Waals surface area contributed by atoms with Crippen molar-refractivity contribution in [3.63, 3.8) is 0 Å². The summed E-state index contributed by atoms with van der Waals surface area (Å²) >= 11 is 0. The van der Waals surface area contributed by atoms with Crippen molar-refractivity contribution in [2.75, 3.05) is 6.61 Å². The quantitative estimate of drug-likeness (QED) is 0.463. The zero-order valence-corrected chi connectivity index (χ0v) is 22.5. The average molecular weight is 521 g/mol. The molecule has 3 aliphatic carbocycles. The molecule has 3 N–H and O–H groups in total. The van der Waals surface area contributed by atoms with E-state index in [9.17, 15) is 29.7 Å². The Bertz CT molecular complexity index is 1040. The third-order valence-corrected chi connectivity index (χ3v) is 10.8. The second-order valence-corrected chi connectivity index (χ2v) is 12.7. The number of esters is 2. The molecule has 37 heavy (non-hydrogen) atoms. The van der Waals surface area contributed by atoms with E-state index in [1.165, 1.54) is 6.08 Å². The van der Waals surface area contributed by atoms with Gasteiger partial charge >= 0.3 is 11.9 Å². The van der Waals surface area contributed by atoms with Crippen molar-refractivity contribution < 1.29 is 43.9 Å². The Balaban J connectivity index is 1.60. The molecule has 5 rings (SSSR count). The lowest BCUT2D eigenvalue weighted by Crippen LogP contribution is -2.78. The van der Waals surface area contributed by atoms with Gasteiger partial charge in [0, 0.05) is 29.1 Å². The monoisotopic (exact) mass is 520 g/mol. The number of fused-ring (bicyclic) bond motifs is 1. The van der Waals surface area contributed by atoms with Crippen LogP contribution in [0, 0.1) is 46.3 Å². The third-order valence-electron chi connectivity index (χ3n) is 10.8. The lowest BCUT2D eigenvalue weighted by atomic mass is 9.38. The number of allylic oxidation sites excluding steroid dienone is 1. The maximum atomic E-state index is 13.4. The Morgan fingerprint density at radius 1 is 1.27 bits per heavy atom. The third kappa shape index (κ3) is 3.33. The minimum atomic E-state index is -2.07. The fourth-order valence-corrected chi connectivity index (χ4v) is 8.99. The standard InChI is InChI=1S/C28H40O9/c1-7-15(12(2)3)9-19(30)37-21-20-14(5)22(31)28(34)25-26(6)16(13(4)8-17(29)23(26)32)10-18(36-24(21)33)27(20,25)11-35-28/h8,12,14-16,18,20-23,25,31-32,34H,7,9-11H2,1-6H3/t14-,15?,16+,18-,20-,21-,22-,23-,25-,26-,27+,28+/m1/s1. The van der Waals surface area contributed by atoms with Crippen LogP contribution in [0.2, 0.25) is 0 Å². The van der Waals surface area contributed by atoms with Crippen molar-refractivity contribution in [1.29, 1.82) is 0 Å². The van der Waals surface area contributed by atoms with Crippen LogP contribution in [0.25, 0.3) is 0 Å². The van der Waals surface area contributed by atoms with Crippen LogP contribution in [-0.4, -0.2) is 69.9 Å². The fourth-order valence-electron chi connectivity index (χ4n) is 8.99. The lowest BCUT2D eigenvalue weighted by Gasteiger charge is -2.68. The number of rotatable bonds is 5. The minimum Gasteiger partial charge on any atom is -0.459 e. The van der Waals surface area contributed by atoms with Crippen LogP contribution in [0.5, 0.6) is 0 Å². The fraction of sp³-hybridized carbons (Fsp3) is 0.821. The summed E-state index contributed by atoms with van der Waals surface area (Å²) in [5.41, 5.74) is -1.52. The summed E-state index contributed by atoms with van der Waals surface area (Å²) < 4.78 is 17.8. The number of ether oxygens (including phenoxy) is 3. The molecule has 5 aliphatic rings. The Kier molecular flexibility index (Phi) is 6.22. The molecule has 4 fully saturated rings. The van der Waals surface area contributed by atoms with E-state index in [0.717, 1.165) is 12.0 Å². The first-order chi connectivity index (χ1) is 17.2. The molecule has 206 valence electrons. The minimum absolute atomic E-state index is 0.0538. The molecule has 1 unspecified atom stereocenters. The molecule has 0 aromatic heterocycles. The highest BCUT2D eigenvalue weighted by molar-refractivity contribution is 5.96. The highest BCUT2D eigenvalue weighted by Gasteiger charge is 2.83. The van der Waals surface area contributed by atoms with E-state index in [4.69, 9.17) is 14.2 Å². The zero-order valence-electron chi connectivity index (χ0n) is 22.5. The summed E-state index contributed by atoms with van der Waals surface area (Å²) in [7, 11) is 0. The van der Waals surface area contributed by atoms with Gasteiger partial charge in [-0.15, -0.1) is 0 Å². The van der Waals surface area contributed by atoms with E-state index >= 15 is 0 Å². The maximum Gasteiger partial charge on any atom is 0.348 e. The molecule has 0 radical (unpaired) electrons. The number of aliphatic hydroxyl groups is 3. The molecule has 2 saturated carbocycles. The molecular weight excluding hydrogens is 480 g/mol. The van der Waals surface area contributed by atoms with Gasteiger partial charge in [0.15, 0.2) is 11.6 Å². The highest BCUT2D eigenvalue weighted by atomic mass is 16.7. The SMILES string of the molecule is CCC(CC(=O)O[C@H]1C(=O)O[C@@H]2C[C@H]3C(C)=CC(=O)[C@@H](O)[C@]3(C)[C@H]3[C@@]4(O)OC[C@]32[C@@H]1[C@@H](C)[C@H]4O)C(C)C. The van der Waals surface area contributed by atoms with Crippen molar-refractivity contribution in [1.82, 2.24) is 0 Å². The van der Waals surface area contributed by atoms with Gasteiger partial charge in [0.25, 0.3) is 0 Å². The van der Waals surface area contributed by atoms with Crippen molar-refractivity contribution in [3.05, 3.63) is 11.6 Å². The predicted molar refractivity (Wildman–Crippen MR) is 129 cm³/mol. The van der Waals surface area contributed by atoms with Crippen LogP contribution in [0.1, 0.15) is 60.8 Å². The molecule has 0 aromatic rings. The van der Waals surface area contributed by atoms with Crippen LogP contribution in [-0.2, 0) is 28.6 Å². The number of ketones is 1. The second kappa shape index (κ2) is 8.60. The molecule has 9 nitrogen and oxygen atoms in total. The van der Waals surface area contributed by atoms with Crippen molar-refractivity contribution >= 4 is 17.7 Å². The Morgan fingerprint density at radius 2 is 1.95 bits per heavy atom. The summed E-state index contributed by atoms with van der Waals surface area (Å²) in [4.78, 5) is 39.3. The van der Waals surface area contributed by atoms with E-state index in [1.54, 1.807) is 20.8 Å². The Hall–Kier alpha value is -1.81. The molecule has 0 amide bonds. The summed E-state index contributed by atoms with van der Waals surface area (Å²) in [6.07, 6.45) is -2.18. The van der Waals surface area contributed by atoms with E-state index in [1.807, 2.05) is 20.8 Å². The highest BCUT2D eigenvalue weighted by Crippen LogP contribution is 2.73. The smallest absolute Gasteiger partial charge is 0.348 e. The average Bonchev–Trinajstić information content (AvgIpc) is 3.12. The number of hydrogen-bond donors (Lipinski definition) is 3. The van der Waals surface area contributed by atoms with Gasteiger partial charge in [0.1, 0.15) is 18.3 Å². The molecule has 0 aromatic carbocycles. The van der Waals surface area contributed by atoms with Gasteiger partial charge in [-0.25, -0.2) is 4.79 Å². The summed E-state index contributed by atoms with van der Waals surface area (Å²) in [6.45, 7) is 11.3. The van der Waals surface area contributed by atoms with Crippen LogP contribution in [0.3, 0.4) is 0 Å². The van der Waals surface area contributed by atoms with E-state index in [2.05, 4.69) is 0 Å².